The van der Waals surface area contributed by atoms with E-state index in [1.54, 1.807) is 17.1 Å². The molecule has 0 saturated heterocycles. The number of hydrogen-bond acceptors (Lipinski definition) is 5. The second-order valence-electron chi connectivity index (χ2n) is 8.03. The molecule has 30 heavy (non-hydrogen) atoms. The van der Waals surface area contributed by atoms with Crippen LogP contribution in [0.15, 0.2) is 41.8 Å². The van der Waals surface area contributed by atoms with Crippen LogP contribution in [0.5, 0.6) is 0 Å². The van der Waals surface area contributed by atoms with Gasteiger partial charge in [-0.1, -0.05) is 54.8 Å². The molecule has 154 valence electrons. The number of fused-ring (bicyclic) bond motifs is 3. The lowest BCUT2D eigenvalue weighted by Crippen LogP contribution is -2.14. The SMILES string of the molecule is Cc1c(C)n(C2CCCCC2)c2ncn3nc(CO/N=C\c4ccccc4)nc3c12. The average molecular weight is 403 g/mol. The van der Waals surface area contributed by atoms with E-state index in [0.29, 0.717) is 11.9 Å². The highest BCUT2D eigenvalue weighted by molar-refractivity contribution is 5.94. The molecule has 0 atom stereocenters. The Morgan fingerprint density at radius 1 is 1.10 bits per heavy atom. The van der Waals surface area contributed by atoms with Crippen LogP contribution < -0.4 is 0 Å². The summed E-state index contributed by atoms with van der Waals surface area (Å²) < 4.78 is 4.18. The minimum Gasteiger partial charge on any atom is -0.387 e. The van der Waals surface area contributed by atoms with Crippen molar-refractivity contribution in [2.45, 2.75) is 58.6 Å². The number of rotatable bonds is 5. The summed E-state index contributed by atoms with van der Waals surface area (Å²) in [6, 6.07) is 10.4. The van der Waals surface area contributed by atoms with Gasteiger partial charge in [0.25, 0.3) is 0 Å². The smallest absolute Gasteiger partial charge is 0.192 e. The van der Waals surface area contributed by atoms with E-state index in [2.05, 4.69) is 28.7 Å². The van der Waals surface area contributed by atoms with E-state index >= 15 is 0 Å². The lowest BCUT2D eigenvalue weighted by Gasteiger charge is -2.25. The van der Waals surface area contributed by atoms with Crippen LogP contribution in [-0.4, -0.2) is 30.4 Å². The standard InChI is InChI=1S/C23H26N6O/c1-16-17(2)29(19-11-7-4-8-12-19)22-21(16)23-26-20(27-28(23)15-24-22)14-30-25-13-18-9-5-3-6-10-18/h3,5-6,9-10,13,15,19H,4,7-8,11-12,14H2,1-2H3/b25-13-. The predicted molar refractivity (Wildman–Crippen MR) is 117 cm³/mol. The van der Waals surface area contributed by atoms with E-state index in [9.17, 15) is 0 Å². The van der Waals surface area contributed by atoms with Gasteiger partial charge in [-0.05, 0) is 37.8 Å². The lowest BCUT2D eigenvalue weighted by atomic mass is 9.95. The summed E-state index contributed by atoms with van der Waals surface area (Å²) in [5.74, 6) is 0.594. The van der Waals surface area contributed by atoms with Crippen molar-refractivity contribution in [2.75, 3.05) is 0 Å². The van der Waals surface area contributed by atoms with Crippen molar-refractivity contribution in [3.63, 3.8) is 0 Å². The Kier molecular flexibility index (Phi) is 4.94. The van der Waals surface area contributed by atoms with Gasteiger partial charge in [0, 0.05) is 11.7 Å². The van der Waals surface area contributed by atoms with Crippen LogP contribution in [0.2, 0.25) is 0 Å². The van der Waals surface area contributed by atoms with Gasteiger partial charge in [-0.25, -0.2) is 14.5 Å². The molecule has 7 heteroatoms. The number of hydrogen-bond donors (Lipinski definition) is 0. The Morgan fingerprint density at radius 3 is 2.70 bits per heavy atom. The van der Waals surface area contributed by atoms with Gasteiger partial charge in [0.1, 0.15) is 12.0 Å². The molecule has 1 aromatic carbocycles. The maximum atomic E-state index is 5.43. The summed E-state index contributed by atoms with van der Waals surface area (Å²) in [7, 11) is 0. The molecule has 0 aliphatic heterocycles. The number of aromatic nitrogens is 5. The van der Waals surface area contributed by atoms with Crippen LogP contribution in [0.4, 0.5) is 0 Å². The maximum absolute atomic E-state index is 5.43. The highest BCUT2D eigenvalue weighted by Crippen LogP contribution is 2.35. The Balaban J connectivity index is 1.44. The summed E-state index contributed by atoms with van der Waals surface area (Å²) in [4.78, 5) is 14.9. The fourth-order valence-electron chi connectivity index (χ4n) is 4.51. The van der Waals surface area contributed by atoms with E-state index in [1.165, 1.54) is 43.4 Å². The van der Waals surface area contributed by atoms with Crippen molar-refractivity contribution >= 4 is 22.9 Å². The van der Waals surface area contributed by atoms with E-state index in [-0.39, 0.29) is 6.61 Å². The molecule has 0 amide bonds. The predicted octanol–water partition coefficient (Wildman–Crippen LogP) is 4.75. The molecule has 0 bridgehead atoms. The molecule has 1 aliphatic carbocycles. The third-order valence-electron chi connectivity index (χ3n) is 6.13. The summed E-state index contributed by atoms with van der Waals surface area (Å²) in [6.07, 6.45) is 9.82. The molecule has 3 heterocycles. The van der Waals surface area contributed by atoms with E-state index in [0.717, 1.165) is 22.2 Å². The van der Waals surface area contributed by atoms with Crippen molar-refractivity contribution in [1.29, 1.82) is 0 Å². The molecule has 0 spiro atoms. The zero-order valence-corrected chi connectivity index (χ0v) is 17.5. The third kappa shape index (κ3) is 3.34. The molecule has 0 N–H and O–H groups in total. The van der Waals surface area contributed by atoms with Crippen LogP contribution in [0.25, 0.3) is 16.7 Å². The topological polar surface area (TPSA) is 69.6 Å². The molecular weight excluding hydrogens is 376 g/mol. The van der Waals surface area contributed by atoms with Gasteiger partial charge in [-0.3, -0.25) is 0 Å². The molecule has 1 fully saturated rings. The van der Waals surface area contributed by atoms with Crippen LogP contribution in [0.3, 0.4) is 0 Å². The fraction of sp³-hybridized carbons (Fsp3) is 0.391. The Bertz CT molecular complexity index is 1200. The molecule has 0 unspecified atom stereocenters. The number of nitrogens with zero attached hydrogens (tertiary/aromatic N) is 6. The molecule has 5 rings (SSSR count). The molecule has 0 radical (unpaired) electrons. The summed E-state index contributed by atoms with van der Waals surface area (Å²) in [5.41, 5.74) is 5.36. The van der Waals surface area contributed by atoms with E-state index < -0.39 is 0 Å². The quantitative estimate of drug-likeness (QED) is 0.357. The van der Waals surface area contributed by atoms with Crippen molar-refractivity contribution in [3.05, 3.63) is 59.3 Å². The van der Waals surface area contributed by atoms with Crippen molar-refractivity contribution in [2.24, 2.45) is 5.16 Å². The van der Waals surface area contributed by atoms with Crippen molar-refractivity contribution in [1.82, 2.24) is 24.1 Å². The number of aryl methyl sites for hydroxylation is 1. The third-order valence-corrected chi connectivity index (χ3v) is 6.13. The molecule has 4 aromatic rings. The maximum Gasteiger partial charge on any atom is 0.192 e. The van der Waals surface area contributed by atoms with Gasteiger partial charge < -0.3 is 9.40 Å². The minimum absolute atomic E-state index is 0.216. The minimum atomic E-state index is 0.216. The molecule has 1 saturated carbocycles. The highest BCUT2D eigenvalue weighted by atomic mass is 16.6. The normalized spacial score (nSPS) is 15.5. The van der Waals surface area contributed by atoms with E-state index in [4.69, 9.17) is 14.8 Å². The average Bonchev–Trinajstić information content (AvgIpc) is 3.31. The summed E-state index contributed by atoms with van der Waals surface area (Å²) in [5, 5.41) is 9.66. The first-order chi connectivity index (χ1) is 14.7. The molecular formula is C23H26N6O. The first kappa shape index (κ1) is 18.8. The lowest BCUT2D eigenvalue weighted by molar-refractivity contribution is 0.126. The van der Waals surface area contributed by atoms with Crippen LogP contribution in [0, 0.1) is 13.8 Å². The molecule has 1 aliphatic rings. The Labute approximate surface area is 175 Å². The fourth-order valence-corrected chi connectivity index (χ4v) is 4.51. The van der Waals surface area contributed by atoms with Gasteiger partial charge in [-0.15, -0.1) is 5.10 Å². The Hall–Kier alpha value is -3.22. The van der Waals surface area contributed by atoms with Crippen LogP contribution in [0.1, 0.15) is 60.8 Å². The zero-order chi connectivity index (χ0) is 20.5. The number of benzene rings is 1. The first-order valence-electron chi connectivity index (χ1n) is 10.6. The zero-order valence-electron chi connectivity index (χ0n) is 17.5. The van der Waals surface area contributed by atoms with Gasteiger partial charge in [0.2, 0.25) is 0 Å². The second kappa shape index (κ2) is 7.89. The summed E-state index contributed by atoms with van der Waals surface area (Å²) in [6.45, 7) is 4.57. The molecule has 3 aromatic heterocycles. The van der Waals surface area contributed by atoms with Crippen molar-refractivity contribution < 1.29 is 4.84 Å². The highest BCUT2D eigenvalue weighted by Gasteiger charge is 2.24. The van der Waals surface area contributed by atoms with Gasteiger partial charge in [-0.2, -0.15) is 0 Å². The monoisotopic (exact) mass is 402 g/mol. The van der Waals surface area contributed by atoms with Gasteiger partial charge in [0.05, 0.1) is 11.6 Å². The van der Waals surface area contributed by atoms with Crippen LogP contribution in [-0.2, 0) is 11.4 Å². The largest absolute Gasteiger partial charge is 0.387 e. The number of oxime groups is 1. The summed E-state index contributed by atoms with van der Waals surface area (Å²) >= 11 is 0. The molecule has 7 nitrogen and oxygen atoms in total. The van der Waals surface area contributed by atoms with Crippen molar-refractivity contribution in [3.8, 4) is 0 Å². The van der Waals surface area contributed by atoms with Gasteiger partial charge in [0.15, 0.2) is 18.1 Å². The van der Waals surface area contributed by atoms with Gasteiger partial charge >= 0.3 is 0 Å². The van der Waals surface area contributed by atoms with E-state index in [1.807, 2.05) is 30.3 Å². The Morgan fingerprint density at radius 2 is 1.90 bits per heavy atom. The second-order valence-corrected chi connectivity index (χ2v) is 8.03. The van der Waals surface area contributed by atoms with Crippen LogP contribution >= 0.6 is 0 Å². The first-order valence-corrected chi connectivity index (χ1v) is 10.6.